The smallest absolute Gasteiger partial charge is 0.369 e. The van der Waals surface area contributed by atoms with Crippen molar-refractivity contribution >= 4 is 17.4 Å². The molecule has 1 saturated heterocycles. The highest BCUT2D eigenvalue weighted by atomic mass is 32.2. The Morgan fingerprint density at radius 3 is 2.75 bits per heavy atom. The van der Waals surface area contributed by atoms with Crippen molar-refractivity contribution in [1.82, 2.24) is 0 Å². The van der Waals surface area contributed by atoms with Crippen molar-refractivity contribution in [3.05, 3.63) is 29.3 Å². The number of nitrogens with zero attached hydrogens (tertiary/aromatic N) is 1. The van der Waals surface area contributed by atoms with Gasteiger partial charge in [-0.25, -0.2) is 0 Å². The summed E-state index contributed by atoms with van der Waals surface area (Å²) in [5, 5.41) is 0.355. The SMILES string of the molecule is CC1CN(c2ccc(CCN)cc2C(F)(F)F)CCS1. The molecule has 1 aromatic carbocycles. The van der Waals surface area contributed by atoms with Gasteiger partial charge in [0.1, 0.15) is 0 Å². The van der Waals surface area contributed by atoms with E-state index in [1.807, 2.05) is 11.8 Å². The van der Waals surface area contributed by atoms with Gasteiger partial charge in [0.25, 0.3) is 0 Å². The summed E-state index contributed by atoms with van der Waals surface area (Å²) in [5.41, 5.74) is 5.82. The van der Waals surface area contributed by atoms with Gasteiger partial charge in [-0.05, 0) is 30.7 Å². The lowest BCUT2D eigenvalue weighted by molar-refractivity contribution is -0.137. The molecule has 0 aliphatic carbocycles. The minimum absolute atomic E-state index is 0.297. The molecular formula is C14H19F3N2S. The predicted molar refractivity (Wildman–Crippen MR) is 78.3 cm³/mol. The summed E-state index contributed by atoms with van der Waals surface area (Å²) >= 11 is 1.80. The Labute approximate surface area is 121 Å². The monoisotopic (exact) mass is 304 g/mol. The van der Waals surface area contributed by atoms with Crippen molar-refractivity contribution < 1.29 is 13.2 Å². The highest BCUT2D eigenvalue weighted by Crippen LogP contribution is 2.38. The summed E-state index contributed by atoms with van der Waals surface area (Å²) in [7, 11) is 0. The first kappa shape index (κ1) is 15.5. The predicted octanol–water partition coefficient (Wildman–Crippen LogP) is 3.15. The molecule has 1 aliphatic heterocycles. The van der Waals surface area contributed by atoms with Crippen LogP contribution >= 0.6 is 11.8 Å². The highest BCUT2D eigenvalue weighted by molar-refractivity contribution is 8.00. The zero-order valence-electron chi connectivity index (χ0n) is 11.4. The molecule has 0 saturated carbocycles. The number of benzene rings is 1. The minimum Gasteiger partial charge on any atom is -0.369 e. The molecule has 1 aromatic rings. The van der Waals surface area contributed by atoms with Crippen LogP contribution in [0.4, 0.5) is 18.9 Å². The molecule has 0 aromatic heterocycles. The van der Waals surface area contributed by atoms with Gasteiger partial charge in [-0.3, -0.25) is 0 Å². The number of nitrogens with two attached hydrogens (primary N) is 1. The van der Waals surface area contributed by atoms with Crippen LogP contribution < -0.4 is 10.6 Å². The largest absolute Gasteiger partial charge is 0.418 e. The second-order valence-electron chi connectivity index (χ2n) is 5.02. The van der Waals surface area contributed by atoms with Crippen molar-refractivity contribution in [2.75, 3.05) is 30.3 Å². The van der Waals surface area contributed by atoms with Gasteiger partial charge in [0, 0.05) is 29.8 Å². The third-order valence-electron chi connectivity index (χ3n) is 3.38. The normalized spacial score (nSPS) is 20.2. The van der Waals surface area contributed by atoms with E-state index < -0.39 is 11.7 Å². The van der Waals surface area contributed by atoms with Gasteiger partial charge in [0.15, 0.2) is 0 Å². The van der Waals surface area contributed by atoms with E-state index in [0.717, 1.165) is 5.75 Å². The first-order chi connectivity index (χ1) is 9.41. The molecule has 1 fully saturated rings. The Morgan fingerprint density at radius 1 is 1.40 bits per heavy atom. The number of alkyl halides is 3. The van der Waals surface area contributed by atoms with Crippen LogP contribution in [0.15, 0.2) is 18.2 Å². The van der Waals surface area contributed by atoms with Gasteiger partial charge in [-0.15, -0.1) is 0 Å². The van der Waals surface area contributed by atoms with Crippen molar-refractivity contribution in [1.29, 1.82) is 0 Å². The molecule has 0 spiro atoms. The van der Waals surface area contributed by atoms with Gasteiger partial charge in [0.2, 0.25) is 0 Å². The highest BCUT2D eigenvalue weighted by Gasteiger charge is 2.35. The molecule has 1 atom stereocenters. The van der Waals surface area contributed by atoms with Crippen LogP contribution in [0.1, 0.15) is 18.1 Å². The quantitative estimate of drug-likeness (QED) is 0.930. The van der Waals surface area contributed by atoms with E-state index in [0.29, 0.717) is 42.6 Å². The molecule has 2 N–H and O–H groups in total. The fraction of sp³-hybridized carbons (Fsp3) is 0.571. The van der Waals surface area contributed by atoms with Crippen LogP contribution in [0.2, 0.25) is 0 Å². The second-order valence-corrected chi connectivity index (χ2v) is 6.56. The van der Waals surface area contributed by atoms with Crippen LogP contribution in [0.25, 0.3) is 0 Å². The number of anilines is 1. The lowest BCUT2D eigenvalue weighted by atomic mass is 10.0. The summed E-state index contributed by atoms with van der Waals surface area (Å²) in [4.78, 5) is 1.84. The van der Waals surface area contributed by atoms with Gasteiger partial charge >= 0.3 is 6.18 Å². The number of hydrogen-bond donors (Lipinski definition) is 1. The molecule has 2 rings (SSSR count). The Morgan fingerprint density at radius 2 is 2.15 bits per heavy atom. The Bertz CT molecular complexity index is 462. The van der Waals surface area contributed by atoms with Gasteiger partial charge < -0.3 is 10.6 Å². The molecular weight excluding hydrogens is 285 g/mol. The molecule has 0 amide bonds. The topological polar surface area (TPSA) is 29.3 Å². The molecule has 1 unspecified atom stereocenters. The van der Waals surface area contributed by atoms with Gasteiger partial charge in [-0.1, -0.05) is 13.0 Å². The molecule has 6 heteroatoms. The summed E-state index contributed by atoms with van der Waals surface area (Å²) in [6.45, 7) is 3.72. The Balaban J connectivity index is 2.36. The maximum Gasteiger partial charge on any atom is 0.418 e. The van der Waals surface area contributed by atoms with Gasteiger partial charge in [0.05, 0.1) is 5.56 Å². The average molecular weight is 304 g/mol. The molecule has 0 radical (unpaired) electrons. The first-order valence-electron chi connectivity index (χ1n) is 6.68. The van der Waals surface area contributed by atoms with Crippen LogP contribution in [0.3, 0.4) is 0 Å². The molecule has 20 heavy (non-hydrogen) atoms. The number of halogens is 3. The second kappa shape index (κ2) is 6.26. The van der Waals surface area contributed by atoms with E-state index in [1.54, 1.807) is 23.9 Å². The first-order valence-corrected chi connectivity index (χ1v) is 7.73. The number of hydrogen-bond acceptors (Lipinski definition) is 3. The summed E-state index contributed by atoms with van der Waals surface area (Å²) in [6.07, 6.45) is -3.86. The number of rotatable bonds is 3. The van der Waals surface area contributed by atoms with Crippen molar-refractivity contribution in [3.8, 4) is 0 Å². The lowest BCUT2D eigenvalue weighted by Crippen LogP contribution is -2.37. The van der Waals surface area contributed by atoms with E-state index in [1.165, 1.54) is 6.07 Å². The van der Waals surface area contributed by atoms with E-state index >= 15 is 0 Å². The fourth-order valence-corrected chi connectivity index (χ4v) is 3.46. The fourth-order valence-electron chi connectivity index (χ4n) is 2.45. The summed E-state index contributed by atoms with van der Waals surface area (Å²) in [6, 6.07) is 4.59. The minimum atomic E-state index is -4.33. The third-order valence-corrected chi connectivity index (χ3v) is 4.52. The van der Waals surface area contributed by atoms with Crippen molar-refractivity contribution in [2.45, 2.75) is 24.8 Å². The maximum absolute atomic E-state index is 13.3. The molecule has 1 aliphatic rings. The summed E-state index contributed by atoms with van der Waals surface area (Å²) < 4.78 is 39.8. The molecule has 0 bridgehead atoms. The van der Waals surface area contributed by atoms with E-state index in [9.17, 15) is 13.2 Å². The van der Waals surface area contributed by atoms with Crippen LogP contribution in [-0.2, 0) is 12.6 Å². The van der Waals surface area contributed by atoms with E-state index in [4.69, 9.17) is 5.73 Å². The van der Waals surface area contributed by atoms with Crippen LogP contribution in [0, 0.1) is 0 Å². The van der Waals surface area contributed by atoms with E-state index in [2.05, 4.69) is 0 Å². The zero-order valence-corrected chi connectivity index (χ0v) is 12.2. The van der Waals surface area contributed by atoms with Crippen LogP contribution in [0.5, 0.6) is 0 Å². The average Bonchev–Trinajstić information content (AvgIpc) is 2.38. The maximum atomic E-state index is 13.3. The Hall–Kier alpha value is -0.880. The van der Waals surface area contributed by atoms with Crippen molar-refractivity contribution in [3.63, 3.8) is 0 Å². The number of thioether (sulfide) groups is 1. The van der Waals surface area contributed by atoms with Crippen molar-refractivity contribution in [2.24, 2.45) is 5.73 Å². The molecule has 2 nitrogen and oxygen atoms in total. The standard InChI is InChI=1S/C14H19F3N2S/c1-10-9-19(6-7-20-10)13-3-2-11(4-5-18)8-12(13)14(15,16)17/h2-3,8,10H,4-7,9,18H2,1H3. The third kappa shape index (κ3) is 3.61. The summed E-state index contributed by atoms with van der Waals surface area (Å²) in [5.74, 6) is 0.864. The van der Waals surface area contributed by atoms with Gasteiger partial charge in [-0.2, -0.15) is 24.9 Å². The van der Waals surface area contributed by atoms with E-state index in [-0.39, 0.29) is 0 Å². The van der Waals surface area contributed by atoms with Crippen LogP contribution in [-0.4, -0.2) is 30.6 Å². The molecule has 1 heterocycles. The zero-order chi connectivity index (χ0) is 14.8. The molecule has 112 valence electrons. The lowest BCUT2D eigenvalue weighted by Gasteiger charge is -2.34. The Kier molecular flexibility index (Phi) is 4.86.